The summed E-state index contributed by atoms with van der Waals surface area (Å²) in [5.74, 6) is 0.0864. The number of carbonyl (C=O) groups is 2. The molecule has 24 heavy (non-hydrogen) atoms. The molecule has 0 bridgehead atoms. The van der Waals surface area contributed by atoms with Gasteiger partial charge in [0.15, 0.2) is 0 Å². The lowest BCUT2D eigenvalue weighted by Crippen LogP contribution is -2.41. The Morgan fingerprint density at radius 2 is 2.21 bits per heavy atom. The van der Waals surface area contributed by atoms with E-state index >= 15 is 0 Å². The number of likely N-dealkylation sites (tertiary alicyclic amines) is 1. The van der Waals surface area contributed by atoms with Gasteiger partial charge in [-0.15, -0.1) is 0 Å². The number of nitrogens with zero attached hydrogens (tertiary/aromatic N) is 1. The van der Waals surface area contributed by atoms with Gasteiger partial charge in [-0.25, -0.2) is 4.79 Å². The molecule has 2 N–H and O–H groups in total. The highest BCUT2D eigenvalue weighted by Crippen LogP contribution is 2.48. The number of rotatable bonds is 4. The standard InChI is InChI=1S/C18H24N2O4/c1-12-6-13(8-15(7-12)24-2)9-19-17(23)20-10-14-4-3-5-18(14,11-20)16(21)22/h6-8,14H,3-5,9-11H2,1-2H3,(H,19,23)(H,21,22)/t14-,18+/m0/s1. The third-order valence-electron chi connectivity index (χ3n) is 5.37. The smallest absolute Gasteiger partial charge is 0.317 e. The van der Waals surface area contributed by atoms with E-state index in [2.05, 4.69) is 5.32 Å². The van der Waals surface area contributed by atoms with Crippen LogP contribution in [0, 0.1) is 18.3 Å². The van der Waals surface area contributed by atoms with Gasteiger partial charge in [0.25, 0.3) is 0 Å². The summed E-state index contributed by atoms with van der Waals surface area (Å²) in [4.78, 5) is 25.8. The highest BCUT2D eigenvalue weighted by molar-refractivity contribution is 5.80. The number of methoxy groups -OCH3 is 1. The Morgan fingerprint density at radius 3 is 2.88 bits per heavy atom. The second-order valence-corrected chi connectivity index (χ2v) is 6.95. The molecule has 0 radical (unpaired) electrons. The molecule has 2 amide bonds. The molecule has 0 aromatic heterocycles. The van der Waals surface area contributed by atoms with Crippen LogP contribution in [-0.2, 0) is 11.3 Å². The van der Waals surface area contributed by atoms with E-state index in [-0.39, 0.29) is 11.9 Å². The van der Waals surface area contributed by atoms with Gasteiger partial charge < -0.3 is 20.1 Å². The molecule has 6 heteroatoms. The van der Waals surface area contributed by atoms with E-state index in [9.17, 15) is 14.7 Å². The molecule has 1 saturated heterocycles. The van der Waals surface area contributed by atoms with Crippen LogP contribution in [0.1, 0.15) is 30.4 Å². The minimum absolute atomic E-state index is 0.0832. The van der Waals surface area contributed by atoms with E-state index in [1.165, 1.54) is 0 Å². The molecule has 3 rings (SSSR count). The molecule has 2 atom stereocenters. The van der Waals surface area contributed by atoms with E-state index in [4.69, 9.17) is 4.74 Å². The molecular formula is C18H24N2O4. The van der Waals surface area contributed by atoms with Crippen LogP contribution in [0.3, 0.4) is 0 Å². The van der Waals surface area contributed by atoms with Crippen molar-refractivity contribution in [2.75, 3.05) is 20.2 Å². The van der Waals surface area contributed by atoms with Gasteiger partial charge in [-0.2, -0.15) is 0 Å². The molecule has 2 fully saturated rings. The number of ether oxygens (including phenoxy) is 1. The highest BCUT2D eigenvalue weighted by atomic mass is 16.5. The number of carbonyl (C=O) groups excluding carboxylic acids is 1. The fourth-order valence-electron chi connectivity index (χ4n) is 4.13. The predicted octanol–water partition coefficient (Wildman–Crippen LogP) is 2.40. The van der Waals surface area contributed by atoms with Gasteiger partial charge in [0.05, 0.1) is 12.5 Å². The predicted molar refractivity (Wildman–Crippen MR) is 88.9 cm³/mol. The molecule has 6 nitrogen and oxygen atoms in total. The average Bonchev–Trinajstić information content (AvgIpc) is 3.10. The van der Waals surface area contributed by atoms with Crippen molar-refractivity contribution in [1.82, 2.24) is 10.2 Å². The van der Waals surface area contributed by atoms with Crippen LogP contribution in [0.25, 0.3) is 0 Å². The first kappa shape index (κ1) is 16.6. The van der Waals surface area contributed by atoms with Crippen LogP contribution in [0.2, 0.25) is 0 Å². The summed E-state index contributed by atoms with van der Waals surface area (Å²) in [7, 11) is 1.62. The van der Waals surface area contributed by atoms with Crippen molar-refractivity contribution in [2.24, 2.45) is 11.3 Å². The Hall–Kier alpha value is -2.24. The molecule has 1 aromatic carbocycles. The normalized spacial score (nSPS) is 25.4. The Labute approximate surface area is 141 Å². The zero-order chi connectivity index (χ0) is 17.3. The SMILES string of the molecule is COc1cc(C)cc(CNC(=O)N2C[C@@H]3CCC[C@@]3(C(=O)O)C2)c1. The zero-order valence-electron chi connectivity index (χ0n) is 14.2. The van der Waals surface area contributed by atoms with Crippen molar-refractivity contribution < 1.29 is 19.4 Å². The number of fused-ring (bicyclic) bond motifs is 1. The van der Waals surface area contributed by atoms with E-state index < -0.39 is 11.4 Å². The third kappa shape index (κ3) is 2.92. The number of nitrogens with one attached hydrogen (secondary N) is 1. The fraction of sp³-hybridized carbons (Fsp3) is 0.556. The Morgan fingerprint density at radius 1 is 1.42 bits per heavy atom. The van der Waals surface area contributed by atoms with Gasteiger partial charge in [0.2, 0.25) is 0 Å². The molecule has 130 valence electrons. The minimum atomic E-state index is -0.760. The lowest BCUT2D eigenvalue weighted by molar-refractivity contribution is -0.149. The Balaban J connectivity index is 1.62. The van der Waals surface area contributed by atoms with Crippen molar-refractivity contribution in [3.05, 3.63) is 29.3 Å². The minimum Gasteiger partial charge on any atom is -0.497 e. The molecule has 0 unspecified atom stereocenters. The number of aliphatic carboxylic acids is 1. The van der Waals surface area contributed by atoms with Crippen molar-refractivity contribution in [2.45, 2.75) is 32.7 Å². The van der Waals surface area contributed by atoms with Crippen molar-refractivity contribution in [3.63, 3.8) is 0 Å². The van der Waals surface area contributed by atoms with Crippen LogP contribution in [-0.4, -0.2) is 42.2 Å². The van der Waals surface area contributed by atoms with E-state index in [1.807, 2.05) is 25.1 Å². The monoisotopic (exact) mass is 332 g/mol. The number of urea groups is 1. The summed E-state index contributed by atoms with van der Waals surface area (Å²) in [6.07, 6.45) is 2.51. The second-order valence-electron chi connectivity index (χ2n) is 6.95. The molecule has 1 heterocycles. The van der Waals surface area contributed by atoms with Gasteiger partial charge in [-0.05, 0) is 48.9 Å². The van der Waals surface area contributed by atoms with Crippen molar-refractivity contribution in [3.8, 4) is 5.75 Å². The lowest BCUT2D eigenvalue weighted by atomic mass is 9.81. The van der Waals surface area contributed by atoms with Gasteiger partial charge in [-0.3, -0.25) is 4.79 Å². The molecule has 0 spiro atoms. The van der Waals surface area contributed by atoms with Gasteiger partial charge in [-0.1, -0.05) is 12.5 Å². The summed E-state index contributed by atoms with van der Waals surface area (Å²) in [5.41, 5.74) is 1.30. The van der Waals surface area contributed by atoms with Gasteiger partial charge >= 0.3 is 12.0 Å². The van der Waals surface area contributed by atoms with Gasteiger partial charge in [0, 0.05) is 19.6 Å². The first-order valence-corrected chi connectivity index (χ1v) is 8.35. The molecule has 1 aliphatic heterocycles. The maximum atomic E-state index is 12.4. The second kappa shape index (κ2) is 6.34. The summed E-state index contributed by atoms with van der Waals surface area (Å²) in [6, 6.07) is 5.64. The maximum absolute atomic E-state index is 12.4. The summed E-state index contributed by atoms with van der Waals surface area (Å²) in [6.45, 7) is 3.23. The first-order valence-electron chi connectivity index (χ1n) is 8.35. The fourth-order valence-corrected chi connectivity index (χ4v) is 4.13. The van der Waals surface area contributed by atoms with E-state index in [0.29, 0.717) is 26.1 Å². The van der Waals surface area contributed by atoms with Gasteiger partial charge in [0.1, 0.15) is 5.75 Å². The van der Waals surface area contributed by atoms with Crippen LogP contribution >= 0.6 is 0 Å². The van der Waals surface area contributed by atoms with Crippen molar-refractivity contribution >= 4 is 12.0 Å². The highest BCUT2D eigenvalue weighted by Gasteiger charge is 2.55. The van der Waals surface area contributed by atoms with Crippen LogP contribution in [0.15, 0.2) is 18.2 Å². The number of hydrogen-bond donors (Lipinski definition) is 2. The number of carboxylic acids is 1. The maximum Gasteiger partial charge on any atom is 0.317 e. The Kier molecular flexibility index (Phi) is 4.39. The number of amides is 2. The number of aryl methyl sites for hydroxylation is 1. The average molecular weight is 332 g/mol. The number of carboxylic acid groups (broad SMARTS) is 1. The van der Waals surface area contributed by atoms with Crippen LogP contribution in [0.4, 0.5) is 4.79 Å². The molecule has 1 saturated carbocycles. The molecule has 1 aromatic rings. The number of hydrogen-bond acceptors (Lipinski definition) is 3. The zero-order valence-corrected chi connectivity index (χ0v) is 14.2. The largest absolute Gasteiger partial charge is 0.497 e. The van der Waals surface area contributed by atoms with Crippen LogP contribution in [0.5, 0.6) is 5.75 Å². The van der Waals surface area contributed by atoms with Crippen molar-refractivity contribution in [1.29, 1.82) is 0 Å². The van der Waals surface area contributed by atoms with E-state index in [1.54, 1.807) is 12.0 Å². The quantitative estimate of drug-likeness (QED) is 0.887. The van der Waals surface area contributed by atoms with E-state index in [0.717, 1.165) is 29.7 Å². The molecular weight excluding hydrogens is 308 g/mol. The molecule has 2 aliphatic rings. The third-order valence-corrected chi connectivity index (χ3v) is 5.37. The number of benzene rings is 1. The molecule has 1 aliphatic carbocycles. The Bertz CT molecular complexity index is 660. The summed E-state index contributed by atoms with van der Waals surface area (Å²) < 4.78 is 5.24. The first-order chi connectivity index (χ1) is 11.4. The summed E-state index contributed by atoms with van der Waals surface area (Å²) >= 11 is 0. The topological polar surface area (TPSA) is 78.9 Å². The summed E-state index contributed by atoms with van der Waals surface area (Å²) in [5, 5.41) is 12.5. The lowest BCUT2D eigenvalue weighted by Gasteiger charge is -2.23. The van der Waals surface area contributed by atoms with Crippen LogP contribution < -0.4 is 10.1 Å².